The van der Waals surface area contributed by atoms with Gasteiger partial charge in [-0.05, 0) is 109 Å². The average molecular weight is 762 g/mol. The van der Waals surface area contributed by atoms with Crippen LogP contribution in [0.5, 0.6) is 0 Å². The molecule has 0 bridgehead atoms. The molecular weight excluding hydrogens is 727 g/mol. The molecule has 278 valence electrons. The normalized spacial score (nSPS) is 14.9. The van der Waals surface area contributed by atoms with Gasteiger partial charge in [0.1, 0.15) is 5.82 Å². The highest BCUT2D eigenvalue weighted by Crippen LogP contribution is 2.67. The topological polar surface area (TPSA) is 21.1 Å². The summed E-state index contributed by atoms with van der Waals surface area (Å²) in [5.41, 5.74) is 22.5. The molecule has 0 amide bonds. The molecule has 0 saturated heterocycles. The monoisotopic (exact) mass is 761 g/mol. The van der Waals surface area contributed by atoms with Gasteiger partial charge in [-0.15, -0.1) is 0 Å². The number of nitrogens with zero attached hydrogens (tertiary/aromatic N) is 3. The summed E-state index contributed by atoms with van der Waals surface area (Å²) in [5.74, 6) is 0.944. The van der Waals surface area contributed by atoms with E-state index in [9.17, 15) is 0 Å². The molecule has 0 radical (unpaired) electrons. The summed E-state index contributed by atoms with van der Waals surface area (Å²) in [6, 6.07) is 79.1. The van der Waals surface area contributed by atoms with Crippen molar-refractivity contribution in [1.82, 2.24) is 9.55 Å². The molecule has 0 fully saturated rings. The first-order chi connectivity index (χ1) is 29.8. The molecule has 4 aliphatic rings. The Bertz CT molecular complexity index is 3370. The molecule has 0 unspecified atom stereocenters. The third kappa shape index (κ3) is 3.71. The van der Waals surface area contributed by atoms with E-state index in [1.165, 1.54) is 66.8 Å². The van der Waals surface area contributed by atoms with E-state index >= 15 is 0 Å². The molecular formula is C57H35N3. The van der Waals surface area contributed by atoms with Gasteiger partial charge in [0.25, 0.3) is 0 Å². The van der Waals surface area contributed by atoms with Crippen LogP contribution >= 0.6 is 0 Å². The fourth-order valence-corrected chi connectivity index (χ4v) is 11.9. The van der Waals surface area contributed by atoms with E-state index in [2.05, 4.69) is 222 Å². The smallest absolute Gasteiger partial charge is 0.145 e. The van der Waals surface area contributed by atoms with Gasteiger partial charge in [0, 0.05) is 11.3 Å². The van der Waals surface area contributed by atoms with E-state index in [4.69, 9.17) is 4.98 Å². The summed E-state index contributed by atoms with van der Waals surface area (Å²) < 4.78 is 2.40. The fraction of sp³-hybridized carbons (Fsp3) is 0.0351. The van der Waals surface area contributed by atoms with Crippen molar-refractivity contribution in [3.05, 3.63) is 257 Å². The minimum atomic E-state index is -0.575. The number of rotatable bonds is 2. The molecule has 2 heterocycles. The average Bonchev–Trinajstić information content (AvgIpc) is 3.95. The zero-order valence-corrected chi connectivity index (χ0v) is 32.5. The van der Waals surface area contributed by atoms with Gasteiger partial charge in [0.05, 0.1) is 38.9 Å². The van der Waals surface area contributed by atoms with Crippen LogP contribution in [0.25, 0.3) is 50.4 Å². The molecule has 9 aromatic carbocycles. The molecule has 60 heavy (non-hydrogen) atoms. The highest BCUT2D eigenvalue weighted by atomic mass is 15.2. The number of anilines is 3. The molecule has 3 nitrogen and oxygen atoms in total. The number of benzene rings is 9. The second kappa shape index (κ2) is 11.5. The van der Waals surface area contributed by atoms with Crippen LogP contribution in [0.4, 0.5) is 17.1 Å². The molecule has 0 N–H and O–H groups in total. The maximum atomic E-state index is 5.52. The quantitative estimate of drug-likeness (QED) is 0.175. The summed E-state index contributed by atoms with van der Waals surface area (Å²) in [5, 5.41) is 0. The van der Waals surface area contributed by atoms with Crippen LogP contribution in [-0.4, -0.2) is 9.55 Å². The van der Waals surface area contributed by atoms with Crippen molar-refractivity contribution in [3.8, 4) is 39.3 Å². The summed E-state index contributed by atoms with van der Waals surface area (Å²) in [6.07, 6.45) is 0. The predicted molar refractivity (Wildman–Crippen MR) is 243 cm³/mol. The zero-order valence-electron chi connectivity index (χ0n) is 32.5. The Morgan fingerprint density at radius 1 is 0.333 bits per heavy atom. The van der Waals surface area contributed by atoms with Crippen molar-refractivity contribution in [3.63, 3.8) is 0 Å². The first-order valence-corrected chi connectivity index (χ1v) is 20.9. The molecule has 10 aromatic rings. The van der Waals surface area contributed by atoms with Crippen LogP contribution in [0.3, 0.4) is 0 Å². The van der Waals surface area contributed by atoms with Crippen LogP contribution in [0, 0.1) is 0 Å². The van der Waals surface area contributed by atoms with E-state index in [1.54, 1.807) is 0 Å². The zero-order chi connectivity index (χ0) is 39.2. The lowest BCUT2D eigenvalue weighted by atomic mass is 9.52. The SMILES string of the molecule is c1ccc(N2c3ccccc3-n3c(-c4ccc5c(c4)C4(c6ccccc6-5)c5ccccc5C5(c6ccccc6-c6ccccc65)c5ccccc54)nc4cccc2c43)cc1. The Hall–Kier alpha value is -7.75. The van der Waals surface area contributed by atoms with Gasteiger partial charge in [-0.1, -0.05) is 170 Å². The minimum Gasteiger partial charge on any atom is -0.306 e. The molecule has 3 aliphatic carbocycles. The molecule has 2 spiro atoms. The lowest BCUT2D eigenvalue weighted by Crippen LogP contribution is -2.43. The standard InChI is InChI=1S/C57H35N3/c1-2-17-37(18-3-1)59-51-30-14-15-31-52(51)60-54-50(29-16-32-53(54)59)58-55(60)36-33-34-41-40-21-6-9-24-44(40)57(49(41)35-36)47-27-12-10-25-45(47)56(46-26-11-13-28-48(46)57)42-22-7-4-19-38(42)39-20-5-8-23-43(39)56/h1-35H. The highest BCUT2D eigenvalue weighted by Gasteiger charge is 2.58. The molecule has 1 aliphatic heterocycles. The Balaban J connectivity index is 1.08. The Morgan fingerprint density at radius 3 is 1.37 bits per heavy atom. The van der Waals surface area contributed by atoms with Gasteiger partial charge >= 0.3 is 0 Å². The number of para-hydroxylation sites is 4. The number of hydrogen-bond donors (Lipinski definition) is 0. The van der Waals surface area contributed by atoms with Crippen molar-refractivity contribution in [2.45, 2.75) is 10.8 Å². The third-order valence-corrected chi connectivity index (χ3v) is 14.0. The van der Waals surface area contributed by atoms with Crippen molar-refractivity contribution in [2.24, 2.45) is 0 Å². The summed E-state index contributed by atoms with van der Waals surface area (Å²) >= 11 is 0. The summed E-state index contributed by atoms with van der Waals surface area (Å²) in [7, 11) is 0. The van der Waals surface area contributed by atoms with Crippen LogP contribution in [0.15, 0.2) is 212 Å². The molecule has 0 atom stereocenters. The van der Waals surface area contributed by atoms with E-state index in [1.807, 2.05) is 0 Å². The van der Waals surface area contributed by atoms with Gasteiger partial charge in [-0.3, -0.25) is 4.57 Å². The van der Waals surface area contributed by atoms with Gasteiger partial charge in [0.15, 0.2) is 0 Å². The molecule has 0 saturated carbocycles. The molecule has 14 rings (SSSR count). The summed E-state index contributed by atoms with van der Waals surface area (Å²) in [4.78, 5) is 7.90. The highest BCUT2D eigenvalue weighted by molar-refractivity contribution is 6.03. The molecule has 3 heteroatoms. The second-order valence-electron chi connectivity index (χ2n) is 16.6. The van der Waals surface area contributed by atoms with Gasteiger partial charge in [-0.25, -0.2) is 4.98 Å². The van der Waals surface area contributed by atoms with Gasteiger partial charge in [-0.2, -0.15) is 0 Å². The summed E-state index contributed by atoms with van der Waals surface area (Å²) in [6.45, 7) is 0. The first-order valence-electron chi connectivity index (χ1n) is 20.9. The van der Waals surface area contributed by atoms with Gasteiger partial charge < -0.3 is 4.90 Å². The minimum absolute atomic E-state index is 0.476. The lowest BCUT2D eigenvalue weighted by Gasteiger charge is -2.48. The Labute approximate surface area is 348 Å². The number of fused-ring (bicyclic) bond motifs is 18. The van der Waals surface area contributed by atoms with Crippen molar-refractivity contribution in [2.75, 3.05) is 4.90 Å². The number of hydrogen-bond acceptors (Lipinski definition) is 2. The third-order valence-electron chi connectivity index (χ3n) is 14.0. The maximum Gasteiger partial charge on any atom is 0.145 e. The maximum absolute atomic E-state index is 5.52. The second-order valence-corrected chi connectivity index (χ2v) is 16.6. The predicted octanol–water partition coefficient (Wildman–Crippen LogP) is 13.5. The van der Waals surface area contributed by atoms with Crippen molar-refractivity contribution < 1.29 is 0 Å². The van der Waals surface area contributed by atoms with E-state index in [0.717, 1.165) is 45.2 Å². The van der Waals surface area contributed by atoms with Crippen LogP contribution in [0.2, 0.25) is 0 Å². The lowest BCUT2D eigenvalue weighted by molar-refractivity contribution is 0.633. The van der Waals surface area contributed by atoms with E-state index in [0.29, 0.717) is 0 Å². The van der Waals surface area contributed by atoms with Crippen LogP contribution < -0.4 is 4.90 Å². The number of imidazole rings is 1. The molecule has 1 aromatic heterocycles. The van der Waals surface area contributed by atoms with Crippen LogP contribution in [-0.2, 0) is 10.8 Å². The first kappa shape index (κ1) is 32.2. The van der Waals surface area contributed by atoms with E-state index in [-0.39, 0.29) is 0 Å². The Morgan fingerprint density at radius 2 is 0.783 bits per heavy atom. The van der Waals surface area contributed by atoms with Crippen molar-refractivity contribution >= 4 is 28.1 Å². The van der Waals surface area contributed by atoms with Gasteiger partial charge in [0.2, 0.25) is 0 Å². The number of aromatic nitrogens is 2. The van der Waals surface area contributed by atoms with Crippen LogP contribution in [0.1, 0.15) is 44.5 Å². The largest absolute Gasteiger partial charge is 0.306 e. The fourth-order valence-electron chi connectivity index (χ4n) is 11.9. The van der Waals surface area contributed by atoms with E-state index < -0.39 is 10.8 Å². The van der Waals surface area contributed by atoms with Crippen molar-refractivity contribution in [1.29, 1.82) is 0 Å². The Kier molecular flexibility index (Phi) is 6.16.